The SMILES string of the molecule is c1ccc(C2=NC(c3ccc4c(c3)oc3ccccc34)=NC(c3ccc4c(c3)oc3cccc(-n5c6cc7ccccc7cc6c6c7ccccc7ccc65)c34)N2)cc1. The van der Waals surface area contributed by atoms with Crippen molar-refractivity contribution in [1.82, 2.24) is 9.88 Å². The molecule has 9 aromatic carbocycles. The van der Waals surface area contributed by atoms with E-state index in [-0.39, 0.29) is 0 Å². The number of nitrogens with zero attached hydrogens (tertiary/aromatic N) is 3. The van der Waals surface area contributed by atoms with Gasteiger partial charge in [0.1, 0.15) is 34.3 Å². The summed E-state index contributed by atoms with van der Waals surface area (Å²) in [6.45, 7) is 0. The molecule has 0 saturated carbocycles. The van der Waals surface area contributed by atoms with Crippen LogP contribution in [-0.4, -0.2) is 16.2 Å². The Morgan fingerprint density at radius 3 is 2.05 bits per heavy atom. The summed E-state index contributed by atoms with van der Waals surface area (Å²) in [7, 11) is 0. The molecule has 6 heteroatoms. The molecule has 59 heavy (non-hydrogen) atoms. The van der Waals surface area contributed by atoms with Crippen LogP contribution in [-0.2, 0) is 0 Å². The Kier molecular flexibility index (Phi) is 6.69. The molecule has 12 aromatic rings. The standard InChI is InChI=1S/C53H32N4O2/c1-2-12-32(13-3-1)51-54-52(35-21-24-39-38-17-8-9-19-45(38)58-47(39)29-35)56-53(55-51)36-22-25-40-48(30-36)59-46-20-10-18-42(50(40)46)57-43-26-23-31-11-6-7-16-37(31)49(43)41-27-33-14-4-5-15-34(33)28-44(41)57/h1-30,53H,(H,54,55,56). The minimum Gasteiger partial charge on any atom is -0.456 e. The summed E-state index contributed by atoms with van der Waals surface area (Å²) in [4.78, 5) is 10.3. The van der Waals surface area contributed by atoms with Gasteiger partial charge in [-0.1, -0.05) is 121 Å². The van der Waals surface area contributed by atoms with Crippen LogP contribution < -0.4 is 5.32 Å². The van der Waals surface area contributed by atoms with Gasteiger partial charge in [-0.15, -0.1) is 0 Å². The molecule has 0 spiro atoms. The fourth-order valence-corrected chi connectivity index (χ4v) is 9.27. The number of hydrogen-bond donors (Lipinski definition) is 1. The number of fused-ring (bicyclic) bond motifs is 12. The highest BCUT2D eigenvalue weighted by Crippen LogP contribution is 2.42. The maximum absolute atomic E-state index is 6.75. The van der Waals surface area contributed by atoms with Gasteiger partial charge in [0.15, 0.2) is 5.84 Å². The third-order valence-electron chi connectivity index (χ3n) is 12.0. The maximum Gasteiger partial charge on any atom is 0.159 e. The summed E-state index contributed by atoms with van der Waals surface area (Å²) >= 11 is 0. The Morgan fingerprint density at radius 1 is 0.441 bits per heavy atom. The monoisotopic (exact) mass is 756 g/mol. The predicted molar refractivity (Wildman–Crippen MR) is 242 cm³/mol. The molecule has 1 unspecified atom stereocenters. The van der Waals surface area contributed by atoms with Crippen molar-refractivity contribution >= 4 is 98.9 Å². The van der Waals surface area contributed by atoms with E-state index in [0.29, 0.717) is 5.84 Å². The number of hydrogen-bond acceptors (Lipinski definition) is 5. The number of rotatable bonds is 4. The molecular weight excluding hydrogens is 725 g/mol. The summed E-state index contributed by atoms with van der Waals surface area (Å²) in [5.74, 6) is 1.39. The highest BCUT2D eigenvalue weighted by atomic mass is 16.3. The highest BCUT2D eigenvalue weighted by molar-refractivity contribution is 6.24. The van der Waals surface area contributed by atoms with Crippen molar-refractivity contribution in [1.29, 1.82) is 0 Å². The molecule has 1 atom stereocenters. The fraction of sp³-hybridized carbons (Fsp3) is 0.0189. The lowest BCUT2D eigenvalue weighted by Crippen LogP contribution is -2.33. The number of aliphatic imine (C=N–C) groups is 2. The van der Waals surface area contributed by atoms with Gasteiger partial charge in [0.25, 0.3) is 0 Å². The van der Waals surface area contributed by atoms with E-state index in [0.717, 1.165) is 83.1 Å². The van der Waals surface area contributed by atoms with E-state index in [9.17, 15) is 0 Å². The first kappa shape index (κ1) is 32.2. The Balaban J connectivity index is 0.984. The Labute approximate surface area is 336 Å². The number of nitrogens with one attached hydrogen (secondary N) is 1. The molecule has 6 nitrogen and oxygen atoms in total. The molecular formula is C53H32N4O2. The summed E-state index contributed by atoms with van der Waals surface area (Å²) in [5, 5.41) is 15.3. The molecule has 0 amide bonds. The van der Waals surface area contributed by atoms with Gasteiger partial charge in [-0.3, -0.25) is 0 Å². The number of aromatic nitrogens is 1. The van der Waals surface area contributed by atoms with Gasteiger partial charge in [-0.2, -0.15) is 0 Å². The molecule has 0 fully saturated rings. The lowest BCUT2D eigenvalue weighted by atomic mass is 10.0. The van der Waals surface area contributed by atoms with Crippen LogP contribution in [0, 0.1) is 0 Å². The van der Waals surface area contributed by atoms with Crippen molar-refractivity contribution in [3.8, 4) is 5.69 Å². The van der Waals surface area contributed by atoms with Crippen LogP contribution in [0.25, 0.3) is 92.9 Å². The van der Waals surface area contributed by atoms with Crippen molar-refractivity contribution in [2.75, 3.05) is 0 Å². The lowest BCUT2D eigenvalue weighted by Gasteiger charge is -2.23. The fourth-order valence-electron chi connectivity index (χ4n) is 9.27. The molecule has 4 heterocycles. The van der Waals surface area contributed by atoms with Crippen molar-refractivity contribution in [3.05, 3.63) is 199 Å². The largest absolute Gasteiger partial charge is 0.456 e. The third kappa shape index (κ3) is 4.87. The quantitative estimate of drug-likeness (QED) is 0.194. The maximum atomic E-state index is 6.75. The second-order valence-electron chi connectivity index (χ2n) is 15.4. The summed E-state index contributed by atoms with van der Waals surface area (Å²) < 4.78 is 15.5. The zero-order valence-electron chi connectivity index (χ0n) is 31.6. The first-order chi connectivity index (χ1) is 29.2. The molecule has 0 aliphatic carbocycles. The first-order valence-electron chi connectivity index (χ1n) is 19.9. The van der Waals surface area contributed by atoms with Gasteiger partial charge in [0, 0.05) is 43.6 Å². The number of amidine groups is 2. The van der Waals surface area contributed by atoms with E-state index in [1.807, 2.05) is 42.5 Å². The van der Waals surface area contributed by atoms with Gasteiger partial charge in [0.2, 0.25) is 0 Å². The van der Waals surface area contributed by atoms with E-state index in [1.54, 1.807) is 0 Å². The Bertz CT molecular complexity index is 3770. The molecule has 13 rings (SSSR count). The topological polar surface area (TPSA) is 68.0 Å². The molecule has 1 aliphatic heterocycles. The Hall–Kier alpha value is -7.96. The molecule has 276 valence electrons. The van der Waals surface area contributed by atoms with Crippen molar-refractivity contribution in [2.45, 2.75) is 6.17 Å². The molecule has 1 aliphatic rings. The normalized spacial score (nSPS) is 14.6. The first-order valence-corrected chi connectivity index (χ1v) is 19.9. The Morgan fingerprint density at radius 2 is 1.15 bits per heavy atom. The van der Waals surface area contributed by atoms with Gasteiger partial charge in [0.05, 0.1) is 22.1 Å². The van der Waals surface area contributed by atoms with Gasteiger partial charge < -0.3 is 18.7 Å². The second kappa shape index (κ2) is 12.3. The average molecular weight is 757 g/mol. The summed E-state index contributed by atoms with van der Waals surface area (Å²) in [5.41, 5.74) is 9.54. The number of benzene rings is 9. The van der Waals surface area contributed by atoms with E-state index >= 15 is 0 Å². The van der Waals surface area contributed by atoms with Crippen LogP contribution in [0.5, 0.6) is 0 Å². The third-order valence-corrected chi connectivity index (χ3v) is 12.0. The lowest BCUT2D eigenvalue weighted by molar-refractivity contribution is 0.655. The van der Waals surface area contributed by atoms with E-state index in [1.165, 1.54) is 32.3 Å². The van der Waals surface area contributed by atoms with Crippen molar-refractivity contribution in [3.63, 3.8) is 0 Å². The predicted octanol–water partition coefficient (Wildman–Crippen LogP) is 13.4. The van der Waals surface area contributed by atoms with E-state index in [4.69, 9.17) is 18.8 Å². The zero-order valence-corrected chi connectivity index (χ0v) is 31.6. The van der Waals surface area contributed by atoms with Gasteiger partial charge in [-0.25, -0.2) is 9.98 Å². The van der Waals surface area contributed by atoms with Gasteiger partial charge in [-0.05, 0) is 82.2 Å². The van der Waals surface area contributed by atoms with Crippen LogP contribution in [0.4, 0.5) is 0 Å². The summed E-state index contributed by atoms with van der Waals surface area (Å²) in [6.07, 6.45) is -0.417. The van der Waals surface area contributed by atoms with Gasteiger partial charge >= 0.3 is 0 Å². The zero-order chi connectivity index (χ0) is 38.6. The molecule has 0 saturated heterocycles. The van der Waals surface area contributed by atoms with Crippen LogP contribution in [0.2, 0.25) is 0 Å². The van der Waals surface area contributed by atoms with E-state index < -0.39 is 6.17 Å². The smallest absolute Gasteiger partial charge is 0.159 e. The number of furan rings is 2. The van der Waals surface area contributed by atoms with Crippen LogP contribution in [0.3, 0.4) is 0 Å². The molecule has 0 bridgehead atoms. The van der Waals surface area contributed by atoms with Crippen LogP contribution in [0.15, 0.2) is 201 Å². The molecule has 0 radical (unpaired) electrons. The van der Waals surface area contributed by atoms with Crippen molar-refractivity contribution < 1.29 is 8.83 Å². The highest BCUT2D eigenvalue weighted by Gasteiger charge is 2.24. The molecule has 1 N–H and O–H groups in total. The number of para-hydroxylation sites is 1. The average Bonchev–Trinajstić information content (AvgIpc) is 3.97. The summed E-state index contributed by atoms with van der Waals surface area (Å²) in [6, 6.07) is 63.9. The van der Waals surface area contributed by atoms with E-state index in [2.05, 4.69) is 149 Å². The minimum atomic E-state index is -0.417. The van der Waals surface area contributed by atoms with Crippen molar-refractivity contribution in [2.24, 2.45) is 9.98 Å². The van der Waals surface area contributed by atoms with Crippen LogP contribution >= 0.6 is 0 Å². The molecule has 3 aromatic heterocycles. The minimum absolute atomic E-state index is 0.417. The van der Waals surface area contributed by atoms with Crippen LogP contribution in [0.1, 0.15) is 22.9 Å². The second-order valence-corrected chi connectivity index (χ2v) is 15.4.